The molecule has 5 nitrogen and oxygen atoms in total. The molecule has 0 bridgehead atoms. The maximum atomic E-state index is 13.3. The quantitative estimate of drug-likeness (QED) is 0.763. The molecule has 0 aliphatic rings. The van der Waals surface area contributed by atoms with Gasteiger partial charge < -0.3 is 9.84 Å². The number of amides is 1. The second-order valence-corrected chi connectivity index (χ2v) is 6.03. The zero-order chi connectivity index (χ0) is 17.8. The lowest BCUT2D eigenvalue weighted by Crippen LogP contribution is -2.32. The second kappa shape index (κ2) is 7.25. The average molecular weight is 339 g/mol. The highest BCUT2D eigenvalue weighted by molar-refractivity contribution is 5.94. The van der Waals surface area contributed by atoms with Gasteiger partial charge >= 0.3 is 0 Å². The summed E-state index contributed by atoms with van der Waals surface area (Å²) < 4.78 is 18.7. The Morgan fingerprint density at radius 1 is 1.12 bits per heavy atom. The van der Waals surface area contributed by atoms with Gasteiger partial charge in [0, 0.05) is 11.1 Å². The van der Waals surface area contributed by atoms with Crippen molar-refractivity contribution in [1.82, 2.24) is 15.5 Å². The van der Waals surface area contributed by atoms with Gasteiger partial charge in [-0.1, -0.05) is 55.4 Å². The Labute approximate surface area is 144 Å². The van der Waals surface area contributed by atoms with E-state index in [2.05, 4.69) is 15.5 Å². The summed E-state index contributed by atoms with van der Waals surface area (Å²) >= 11 is 0. The molecule has 1 heterocycles. The number of nitrogens with zero attached hydrogens (tertiary/aromatic N) is 2. The lowest BCUT2D eigenvalue weighted by molar-refractivity contribution is 0.0913. The molecule has 1 aromatic heterocycles. The van der Waals surface area contributed by atoms with Crippen LogP contribution in [0.25, 0.3) is 11.4 Å². The third-order valence-electron chi connectivity index (χ3n) is 3.78. The van der Waals surface area contributed by atoms with Gasteiger partial charge in [0.1, 0.15) is 11.9 Å². The van der Waals surface area contributed by atoms with Crippen molar-refractivity contribution in [2.75, 3.05) is 0 Å². The first-order valence-electron chi connectivity index (χ1n) is 8.00. The predicted molar refractivity (Wildman–Crippen MR) is 91.2 cm³/mol. The number of carbonyl (C=O) groups is 1. The van der Waals surface area contributed by atoms with E-state index in [0.29, 0.717) is 11.7 Å². The number of carbonyl (C=O) groups excluding carboxylic acids is 1. The molecule has 1 atom stereocenters. The van der Waals surface area contributed by atoms with Crippen molar-refractivity contribution >= 4 is 5.91 Å². The number of benzene rings is 2. The maximum Gasteiger partial charge on any atom is 0.252 e. The Kier molecular flexibility index (Phi) is 4.88. The van der Waals surface area contributed by atoms with Gasteiger partial charge in [0.15, 0.2) is 0 Å². The van der Waals surface area contributed by atoms with Gasteiger partial charge in [-0.05, 0) is 24.1 Å². The van der Waals surface area contributed by atoms with Gasteiger partial charge in [-0.15, -0.1) is 0 Å². The van der Waals surface area contributed by atoms with Gasteiger partial charge in [0.25, 0.3) is 5.91 Å². The van der Waals surface area contributed by atoms with Crippen LogP contribution in [-0.2, 0) is 0 Å². The molecule has 0 unspecified atom stereocenters. The molecule has 25 heavy (non-hydrogen) atoms. The normalized spacial score (nSPS) is 12.2. The number of hydrogen-bond acceptors (Lipinski definition) is 4. The van der Waals surface area contributed by atoms with Crippen LogP contribution in [0.3, 0.4) is 0 Å². The van der Waals surface area contributed by atoms with E-state index in [1.54, 1.807) is 6.07 Å². The van der Waals surface area contributed by atoms with Crippen molar-refractivity contribution < 1.29 is 13.7 Å². The summed E-state index contributed by atoms with van der Waals surface area (Å²) in [6.07, 6.45) is 0. The summed E-state index contributed by atoms with van der Waals surface area (Å²) in [6, 6.07) is 14.5. The zero-order valence-corrected chi connectivity index (χ0v) is 13.9. The van der Waals surface area contributed by atoms with E-state index in [1.165, 1.54) is 18.2 Å². The molecule has 0 radical (unpaired) electrons. The smallest absolute Gasteiger partial charge is 0.252 e. The van der Waals surface area contributed by atoms with Crippen LogP contribution in [-0.4, -0.2) is 16.0 Å². The first kappa shape index (κ1) is 16.8. The lowest BCUT2D eigenvalue weighted by atomic mass is 10.0. The Morgan fingerprint density at radius 3 is 2.56 bits per heavy atom. The topological polar surface area (TPSA) is 68.0 Å². The molecular formula is C19H18FN3O2. The zero-order valence-electron chi connectivity index (χ0n) is 13.9. The molecule has 3 rings (SSSR count). The van der Waals surface area contributed by atoms with Gasteiger partial charge in [-0.2, -0.15) is 4.98 Å². The van der Waals surface area contributed by atoms with Gasteiger partial charge in [-0.3, -0.25) is 4.79 Å². The first-order chi connectivity index (χ1) is 12.0. The fourth-order valence-electron chi connectivity index (χ4n) is 2.43. The first-order valence-corrected chi connectivity index (χ1v) is 8.00. The Bertz CT molecular complexity index is 862. The molecule has 1 N–H and O–H groups in total. The number of halogens is 1. The minimum Gasteiger partial charge on any atom is -0.340 e. The Balaban J connectivity index is 1.82. The molecule has 0 saturated carbocycles. The van der Waals surface area contributed by atoms with E-state index in [-0.39, 0.29) is 11.5 Å². The van der Waals surface area contributed by atoms with Crippen LogP contribution in [0.2, 0.25) is 0 Å². The van der Waals surface area contributed by atoms with Crippen LogP contribution in [0.1, 0.15) is 36.1 Å². The van der Waals surface area contributed by atoms with Crippen molar-refractivity contribution in [2.45, 2.75) is 19.9 Å². The molecular weight excluding hydrogens is 321 g/mol. The van der Waals surface area contributed by atoms with Crippen molar-refractivity contribution in [3.05, 3.63) is 71.9 Å². The molecule has 1 amide bonds. The van der Waals surface area contributed by atoms with Crippen LogP contribution in [0, 0.1) is 11.7 Å². The molecule has 0 aliphatic heterocycles. The summed E-state index contributed by atoms with van der Waals surface area (Å²) in [5, 5.41) is 6.83. The summed E-state index contributed by atoms with van der Waals surface area (Å²) in [5.74, 6) is -0.0583. The van der Waals surface area contributed by atoms with Crippen molar-refractivity contribution in [3.8, 4) is 11.4 Å². The molecule has 2 aromatic carbocycles. The van der Waals surface area contributed by atoms with E-state index >= 15 is 0 Å². The average Bonchev–Trinajstić information content (AvgIpc) is 3.09. The molecule has 0 aliphatic carbocycles. The standard InChI is InChI=1S/C19H18FN3O2/c1-12(2)16(21-18(24)14-9-6-10-15(20)11-14)19-22-17(23-25-19)13-7-4-3-5-8-13/h3-12,16H,1-2H3,(H,21,24)/t16-/m1/s1. The van der Waals surface area contributed by atoms with Crippen LogP contribution in [0.15, 0.2) is 59.1 Å². The number of hydrogen-bond donors (Lipinski definition) is 1. The van der Waals surface area contributed by atoms with Gasteiger partial charge in [0.05, 0.1) is 0 Å². The minimum atomic E-state index is -0.472. The second-order valence-electron chi connectivity index (χ2n) is 6.03. The number of nitrogens with one attached hydrogen (secondary N) is 1. The van der Waals surface area contributed by atoms with Crippen LogP contribution >= 0.6 is 0 Å². The highest BCUT2D eigenvalue weighted by atomic mass is 19.1. The Hall–Kier alpha value is -3.02. The highest BCUT2D eigenvalue weighted by Gasteiger charge is 2.25. The van der Waals surface area contributed by atoms with E-state index in [4.69, 9.17) is 4.52 Å². The van der Waals surface area contributed by atoms with Gasteiger partial charge in [-0.25, -0.2) is 4.39 Å². The van der Waals surface area contributed by atoms with Crippen LogP contribution < -0.4 is 5.32 Å². The molecule has 6 heteroatoms. The fourth-order valence-corrected chi connectivity index (χ4v) is 2.43. The minimum absolute atomic E-state index is 0.0154. The predicted octanol–water partition coefficient (Wildman–Crippen LogP) is 4.00. The molecule has 0 fully saturated rings. The van der Waals surface area contributed by atoms with Crippen molar-refractivity contribution in [1.29, 1.82) is 0 Å². The summed E-state index contributed by atoms with van der Waals surface area (Å²) in [5.41, 5.74) is 1.07. The molecule has 128 valence electrons. The summed E-state index contributed by atoms with van der Waals surface area (Å²) in [4.78, 5) is 16.8. The highest BCUT2D eigenvalue weighted by Crippen LogP contribution is 2.24. The molecule has 3 aromatic rings. The van der Waals surface area contributed by atoms with E-state index < -0.39 is 17.8 Å². The summed E-state index contributed by atoms with van der Waals surface area (Å²) in [6.45, 7) is 3.87. The molecule has 0 spiro atoms. The van der Waals surface area contributed by atoms with Crippen molar-refractivity contribution in [3.63, 3.8) is 0 Å². The lowest BCUT2D eigenvalue weighted by Gasteiger charge is -2.18. The van der Waals surface area contributed by atoms with Crippen LogP contribution in [0.5, 0.6) is 0 Å². The van der Waals surface area contributed by atoms with Crippen molar-refractivity contribution in [2.24, 2.45) is 5.92 Å². The van der Waals surface area contributed by atoms with E-state index in [1.807, 2.05) is 44.2 Å². The maximum absolute atomic E-state index is 13.3. The molecule has 0 saturated heterocycles. The largest absolute Gasteiger partial charge is 0.340 e. The third kappa shape index (κ3) is 3.91. The Morgan fingerprint density at radius 2 is 1.88 bits per heavy atom. The van der Waals surface area contributed by atoms with E-state index in [0.717, 1.165) is 5.56 Å². The number of rotatable bonds is 5. The third-order valence-corrected chi connectivity index (χ3v) is 3.78. The monoisotopic (exact) mass is 339 g/mol. The fraction of sp³-hybridized carbons (Fsp3) is 0.211. The van der Waals surface area contributed by atoms with Crippen LogP contribution in [0.4, 0.5) is 4.39 Å². The SMILES string of the molecule is CC(C)[C@@H](NC(=O)c1cccc(F)c1)c1nc(-c2ccccc2)no1. The summed E-state index contributed by atoms with van der Waals surface area (Å²) in [7, 11) is 0. The van der Waals surface area contributed by atoms with Gasteiger partial charge in [0.2, 0.25) is 11.7 Å². The van der Waals surface area contributed by atoms with E-state index in [9.17, 15) is 9.18 Å². The number of aromatic nitrogens is 2.